The van der Waals surface area contributed by atoms with Crippen LogP contribution in [0.5, 0.6) is 0 Å². The standard InChI is InChI=1S/C29H39N3O5S/c1-3-37-29(34)24-15-10-18-32(20-24)26-17-16-25(30-28(33)23-13-8-5-9-14-23)19-27(26)38(35,36)31-21(2)22-11-6-4-7-12-22/h4,6-7,11-12,16-17,19,21,23-24,31H,3,5,8-10,13-15,18,20H2,1-2H3,(H,30,33)/t21-,24-/m0/s1. The number of esters is 1. The van der Waals surface area contributed by atoms with Crippen LogP contribution in [0, 0.1) is 11.8 Å². The Bertz CT molecular complexity index is 1210. The fraction of sp³-hybridized carbons (Fsp3) is 0.517. The van der Waals surface area contributed by atoms with E-state index in [-0.39, 0.29) is 28.6 Å². The Labute approximate surface area is 226 Å². The number of nitrogens with one attached hydrogen (secondary N) is 2. The summed E-state index contributed by atoms with van der Waals surface area (Å²) in [6.07, 6.45) is 6.38. The average Bonchev–Trinajstić information content (AvgIpc) is 2.94. The number of hydrogen-bond acceptors (Lipinski definition) is 6. The smallest absolute Gasteiger partial charge is 0.310 e. The van der Waals surface area contributed by atoms with E-state index >= 15 is 0 Å². The summed E-state index contributed by atoms with van der Waals surface area (Å²) in [5, 5.41) is 2.96. The molecule has 206 valence electrons. The van der Waals surface area contributed by atoms with E-state index < -0.39 is 16.1 Å². The molecule has 2 fully saturated rings. The highest BCUT2D eigenvalue weighted by Crippen LogP contribution is 2.34. The largest absolute Gasteiger partial charge is 0.466 e. The summed E-state index contributed by atoms with van der Waals surface area (Å²) in [6, 6.07) is 14.0. The molecule has 1 aliphatic heterocycles. The van der Waals surface area contributed by atoms with Gasteiger partial charge < -0.3 is 15.0 Å². The summed E-state index contributed by atoms with van der Waals surface area (Å²) >= 11 is 0. The van der Waals surface area contributed by atoms with E-state index in [1.165, 1.54) is 0 Å². The molecule has 8 nitrogen and oxygen atoms in total. The number of amides is 1. The van der Waals surface area contributed by atoms with Gasteiger partial charge in [0.15, 0.2) is 0 Å². The van der Waals surface area contributed by atoms with Crippen molar-refractivity contribution in [1.82, 2.24) is 4.72 Å². The molecular weight excluding hydrogens is 502 g/mol. The van der Waals surface area contributed by atoms with Gasteiger partial charge in [0, 0.05) is 30.7 Å². The molecule has 0 aromatic heterocycles. The number of ether oxygens (including phenoxy) is 1. The predicted octanol–water partition coefficient (Wildman–Crippen LogP) is 5.02. The second kappa shape index (κ2) is 12.8. The highest BCUT2D eigenvalue weighted by Gasteiger charge is 2.31. The molecule has 1 amide bonds. The monoisotopic (exact) mass is 541 g/mol. The van der Waals surface area contributed by atoms with Crippen LogP contribution in [0.25, 0.3) is 0 Å². The Morgan fingerprint density at radius 2 is 1.71 bits per heavy atom. The van der Waals surface area contributed by atoms with Crippen LogP contribution in [0.3, 0.4) is 0 Å². The van der Waals surface area contributed by atoms with Gasteiger partial charge >= 0.3 is 5.97 Å². The highest BCUT2D eigenvalue weighted by atomic mass is 32.2. The van der Waals surface area contributed by atoms with E-state index in [9.17, 15) is 18.0 Å². The van der Waals surface area contributed by atoms with Crippen molar-refractivity contribution in [3.05, 3.63) is 54.1 Å². The zero-order valence-corrected chi connectivity index (χ0v) is 23.1. The number of rotatable bonds is 9. The number of carbonyl (C=O) groups is 2. The van der Waals surface area contributed by atoms with E-state index in [4.69, 9.17) is 4.74 Å². The maximum absolute atomic E-state index is 13.8. The molecule has 4 rings (SSSR count). The Morgan fingerprint density at radius 1 is 1.00 bits per heavy atom. The van der Waals surface area contributed by atoms with E-state index in [1.54, 1.807) is 32.0 Å². The Balaban J connectivity index is 1.64. The van der Waals surface area contributed by atoms with Crippen LogP contribution < -0.4 is 14.9 Å². The molecule has 2 aromatic rings. The minimum atomic E-state index is -3.98. The lowest BCUT2D eigenvalue weighted by atomic mass is 9.88. The number of anilines is 2. The van der Waals surface area contributed by atoms with Gasteiger partial charge in [0.2, 0.25) is 15.9 Å². The maximum Gasteiger partial charge on any atom is 0.310 e. The summed E-state index contributed by atoms with van der Waals surface area (Å²) in [7, 11) is -3.98. The Kier molecular flexibility index (Phi) is 9.44. The zero-order valence-electron chi connectivity index (χ0n) is 22.3. The molecule has 9 heteroatoms. The Hall–Kier alpha value is -2.91. The van der Waals surface area contributed by atoms with Crippen molar-refractivity contribution in [3.63, 3.8) is 0 Å². The maximum atomic E-state index is 13.8. The van der Waals surface area contributed by atoms with Crippen molar-refractivity contribution in [1.29, 1.82) is 0 Å². The SMILES string of the molecule is CCOC(=O)[C@H]1CCCN(c2ccc(NC(=O)C3CCCCC3)cc2S(=O)(=O)N[C@@H](C)c2ccccc2)C1. The van der Waals surface area contributed by atoms with Gasteiger partial charge in [-0.25, -0.2) is 13.1 Å². The minimum absolute atomic E-state index is 0.0489. The molecule has 1 aliphatic carbocycles. The van der Waals surface area contributed by atoms with Gasteiger partial charge in [-0.3, -0.25) is 9.59 Å². The normalized spacial score (nSPS) is 19.5. The van der Waals surface area contributed by atoms with Crippen molar-refractivity contribution < 1.29 is 22.7 Å². The second-order valence-corrected chi connectivity index (χ2v) is 12.0. The summed E-state index contributed by atoms with van der Waals surface area (Å²) in [4.78, 5) is 27.4. The van der Waals surface area contributed by atoms with Crippen molar-refractivity contribution >= 4 is 33.3 Å². The fourth-order valence-corrected chi connectivity index (χ4v) is 6.91. The van der Waals surface area contributed by atoms with E-state index in [2.05, 4.69) is 10.0 Å². The number of piperidine rings is 1. The lowest BCUT2D eigenvalue weighted by Crippen LogP contribution is -2.40. The van der Waals surface area contributed by atoms with Crippen molar-refractivity contribution in [2.45, 2.75) is 69.7 Å². The second-order valence-electron chi connectivity index (χ2n) is 10.3. The third kappa shape index (κ3) is 6.94. The predicted molar refractivity (Wildman–Crippen MR) is 148 cm³/mol. The molecule has 38 heavy (non-hydrogen) atoms. The lowest BCUT2D eigenvalue weighted by molar-refractivity contribution is -0.148. The molecule has 1 saturated heterocycles. The molecule has 0 radical (unpaired) electrons. The van der Waals surface area contributed by atoms with Crippen LogP contribution >= 0.6 is 0 Å². The first-order valence-electron chi connectivity index (χ1n) is 13.7. The zero-order chi connectivity index (χ0) is 27.1. The first kappa shape index (κ1) is 28.1. The van der Waals surface area contributed by atoms with Gasteiger partial charge in [0.05, 0.1) is 18.2 Å². The lowest BCUT2D eigenvalue weighted by Gasteiger charge is -2.34. The van der Waals surface area contributed by atoms with Crippen LogP contribution in [0.2, 0.25) is 0 Å². The number of carbonyl (C=O) groups excluding carboxylic acids is 2. The highest BCUT2D eigenvalue weighted by molar-refractivity contribution is 7.89. The van der Waals surface area contributed by atoms with Crippen LogP contribution in [0.1, 0.15) is 70.4 Å². The Morgan fingerprint density at radius 3 is 2.42 bits per heavy atom. The number of sulfonamides is 1. The van der Waals surface area contributed by atoms with Crippen molar-refractivity contribution in [3.8, 4) is 0 Å². The van der Waals surface area contributed by atoms with Gasteiger partial charge in [-0.05, 0) is 63.3 Å². The van der Waals surface area contributed by atoms with Gasteiger partial charge in [0.1, 0.15) is 4.90 Å². The van der Waals surface area contributed by atoms with Gasteiger partial charge in [-0.15, -0.1) is 0 Å². The molecule has 2 aliphatic rings. The van der Waals surface area contributed by atoms with Crippen molar-refractivity contribution in [2.24, 2.45) is 11.8 Å². The quantitative estimate of drug-likeness (QED) is 0.432. The van der Waals surface area contributed by atoms with E-state index in [0.29, 0.717) is 37.5 Å². The first-order chi connectivity index (χ1) is 18.3. The van der Waals surface area contributed by atoms with Crippen LogP contribution in [-0.4, -0.2) is 40.0 Å². The molecule has 2 N–H and O–H groups in total. The summed E-state index contributed by atoms with van der Waals surface area (Å²) in [6.45, 7) is 4.90. The molecule has 0 unspecified atom stereocenters. The molecule has 1 saturated carbocycles. The van der Waals surface area contributed by atoms with E-state index in [1.807, 2.05) is 35.2 Å². The first-order valence-corrected chi connectivity index (χ1v) is 15.2. The molecule has 2 aromatic carbocycles. The number of hydrogen-bond donors (Lipinski definition) is 2. The van der Waals surface area contributed by atoms with Crippen LogP contribution in [0.4, 0.5) is 11.4 Å². The van der Waals surface area contributed by atoms with Crippen LogP contribution in [-0.2, 0) is 24.3 Å². The molecule has 1 heterocycles. The van der Waals surface area contributed by atoms with Gasteiger partial charge in [-0.2, -0.15) is 0 Å². The molecule has 2 atom stereocenters. The van der Waals surface area contributed by atoms with Gasteiger partial charge in [0.25, 0.3) is 0 Å². The van der Waals surface area contributed by atoms with E-state index in [0.717, 1.165) is 44.1 Å². The minimum Gasteiger partial charge on any atom is -0.466 e. The number of nitrogens with zero attached hydrogens (tertiary/aromatic N) is 1. The average molecular weight is 542 g/mol. The fourth-order valence-electron chi connectivity index (χ4n) is 5.43. The van der Waals surface area contributed by atoms with Crippen LogP contribution in [0.15, 0.2) is 53.4 Å². The molecule has 0 spiro atoms. The topological polar surface area (TPSA) is 105 Å². The summed E-state index contributed by atoms with van der Waals surface area (Å²) < 4.78 is 35.6. The third-order valence-electron chi connectivity index (χ3n) is 7.51. The summed E-state index contributed by atoms with van der Waals surface area (Å²) in [5.41, 5.74) is 1.82. The molecule has 0 bridgehead atoms. The molecular formula is C29H39N3O5S. The van der Waals surface area contributed by atoms with Gasteiger partial charge in [-0.1, -0.05) is 49.6 Å². The van der Waals surface area contributed by atoms with Crippen molar-refractivity contribution in [2.75, 3.05) is 29.9 Å². The summed E-state index contributed by atoms with van der Waals surface area (Å²) in [5.74, 6) is -0.686. The third-order valence-corrected chi connectivity index (χ3v) is 9.08. The number of benzene rings is 2.